The second-order valence-electron chi connectivity index (χ2n) is 12.1. The summed E-state index contributed by atoms with van der Waals surface area (Å²) in [4.78, 5) is 4.65. The van der Waals surface area contributed by atoms with Crippen LogP contribution in [0.5, 0.6) is 0 Å². The van der Waals surface area contributed by atoms with Gasteiger partial charge in [0.25, 0.3) is 0 Å². The predicted octanol–water partition coefficient (Wildman–Crippen LogP) is 12.3. The minimum atomic E-state index is 1.13. The lowest BCUT2D eigenvalue weighted by molar-refractivity contribution is 1.23. The number of nitrogens with zero attached hydrogens (tertiary/aromatic N) is 2. The van der Waals surface area contributed by atoms with Gasteiger partial charge in [-0.1, -0.05) is 84.4 Å². The van der Waals surface area contributed by atoms with E-state index in [1.54, 1.807) is 0 Å². The molecule has 6 aromatic carbocycles. The molecular weight excluding hydrogens is 544 g/mol. The molecule has 0 amide bonds. The zero-order chi connectivity index (χ0) is 31.3. The van der Waals surface area contributed by atoms with Crippen molar-refractivity contribution in [1.82, 2.24) is 0 Å². The number of anilines is 6. The van der Waals surface area contributed by atoms with Crippen molar-refractivity contribution in [3.8, 4) is 0 Å². The minimum absolute atomic E-state index is 1.13. The molecule has 45 heavy (non-hydrogen) atoms. The van der Waals surface area contributed by atoms with Crippen molar-refractivity contribution >= 4 is 46.3 Å². The molecule has 0 N–H and O–H groups in total. The fourth-order valence-electron chi connectivity index (χ4n) is 5.99. The quantitative estimate of drug-likeness (QED) is 0.164. The molecule has 6 aromatic rings. The molecule has 0 saturated carbocycles. The molecule has 0 fully saturated rings. The standard InChI is InChI=1S/C43H40N2/c1-31-11-19-39(20-12-31)44(38-9-7-6-8-10-38)40-21-15-36(16-22-40)13-14-37-17-23-41(24-18-37)45(42-27-32(2)25-33(3)28-42)43-29-34(4)26-35(5)30-43/h6-30H,1-5H3. The summed E-state index contributed by atoms with van der Waals surface area (Å²) in [6, 6.07) is 50.3. The van der Waals surface area contributed by atoms with Gasteiger partial charge in [0, 0.05) is 34.1 Å². The Hall–Kier alpha value is -5.34. The number of aryl methyl sites for hydroxylation is 5. The van der Waals surface area contributed by atoms with Gasteiger partial charge in [-0.3, -0.25) is 0 Å². The fourth-order valence-corrected chi connectivity index (χ4v) is 5.99. The number of benzene rings is 6. The first kappa shape index (κ1) is 29.7. The highest BCUT2D eigenvalue weighted by Crippen LogP contribution is 2.37. The maximum Gasteiger partial charge on any atom is 0.0466 e. The Morgan fingerprint density at radius 2 is 0.644 bits per heavy atom. The van der Waals surface area contributed by atoms with Gasteiger partial charge >= 0.3 is 0 Å². The van der Waals surface area contributed by atoms with E-state index in [4.69, 9.17) is 0 Å². The monoisotopic (exact) mass is 584 g/mol. The number of para-hydroxylation sites is 1. The average molecular weight is 585 g/mol. The molecule has 0 bridgehead atoms. The van der Waals surface area contributed by atoms with Crippen LogP contribution < -0.4 is 9.80 Å². The van der Waals surface area contributed by atoms with E-state index in [0.29, 0.717) is 0 Å². The molecular formula is C43H40N2. The van der Waals surface area contributed by atoms with E-state index in [1.807, 2.05) is 0 Å². The summed E-state index contributed by atoms with van der Waals surface area (Å²) in [5.41, 5.74) is 15.5. The van der Waals surface area contributed by atoms with E-state index < -0.39 is 0 Å². The van der Waals surface area contributed by atoms with Crippen molar-refractivity contribution in [2.45, 2.75) is 34.6 Å². The molecule has 0 radical (unpaired) electrons. The van der Waals surface area contributed by atoms with Crippen LogP contribution in [0.15, 0.2) is 140 Å². The van der Waals surface area contributed by atoms with E-state index in [0.717, 1.165) is 33.9 Å². The van der Waals surface area contributed by atoms with E-state index >= 15 is 0 Å². The first-order valence-corrected chi connectivity index (χ1v) is 15.6. The van der Waals surface area contributed by atoms with Crippen LogP contribution in [0.1, 0.15) is 38.9 Å². The lowest BCUT2D eigenvalue weighted by Gasteiger charge is -2.27. The van der Waals surface area contributed by atoms with E-state index in [2.05, 4.69) is 196 Å². The van der Waals surface area contributed by atoms with Gasteiger partial charge in [-0.25, -0.2) is 0 Å². The fraction of sp³-hybridized carbons (Fsp3) is 0.116. The van der Waals surface area contributed by atoms with Crippen molar-refractivity contribution in [3.63, 3.8) is 0 Å². The molecule has 222 valence electrons. The van der Waals surface area contributed by atoms with E-state index in [1.165, 1.54) is 39.2 Å². The molecule has 0 aliphatic carbocycles. The summed E-state index contributed by atoms with van der Waals surface area (Å²) < 4.78 is 0. The van der Waals surface area contributed by atoms with Gasteiger partial charge in [0.2, 0.25) is 0 Å². The molecule has 6 rings (SSSR count). The van der Waals surface area contributed by atoms with Crippen molar-refractivity contribution < 1.29 is 0 Å². The van der Waals surface area contributed by atoms with Gasteiger partial charge in [-0.15, -0.1) is 0 Å². The van der Waals surface area contributed by atoms with Gasteiger partial charge in [-0.2, -0.15) is 0 Å². The molecule has 0 atom stereocenters. The zero-order valence-electron chi connectivity index (χ0n) is 26.8. The Bertz CT molecular complexity index is 1820. The number of hydrogen-bond acceptors (Lipinski definition) is 2. The van der Waals surface area contributed by atoms with Gasteiger partial charge in [0.05, 0.1) is 0 Å². The van der Waals surface area contributed by atoms with Crippen molar-refractivity contribution in [2.24, 2.45) is 0 Å². The first-order chi connectivity index (χ1) is 21.8. The highest BCUT2D eigenvalue weighted by Gasteiger charge is 2.15. The van der Waals surface area contributed by atoms with Crippen LogP contribution in [-0.4, -0.2) is 0 Å². The topological polar surface area (TPSA) is 6.48 Å². The first-order valence-electron chi connectivity index (χ1n) is 15.6. The second-order valence-corrected chi connectivity index (χ2v) is 12.1. The van der Waals surface area contributed by atoms with Gasteiger partial charge < -0.3 is 9.80 Å². The summed E-state index contributed by atoms with van der Waals surface area (Å²) in [7, 11) is 0. The van der Waals surface area contributed by atoms with Crippen LogP contribution >= 0.6 is 0 Å². The number of hydrogen-bond donors (Lipinski definition) is 0. The Morgan fingerprint density at radius 1 is 0.311 bits per heavy atom. The second kappa shape index (κ2) is 13.1. The minimum Gasteiger partial charge on any atom is -0.311 e. The lowest BCUT2D eigenvalue weighted by Crippen LogP contribution is -2.11. The third-order valence-electron chi connectivity index (χ3n) is 8.01. The molecule has 2 nitrogen and oxygen atoms in total. The molecule has 0 aliphatic rings. The van der Waals surface area contributed by atoms with Crippen LogP contribution in [0.3, 0.4) is 0 Å². The van der Waals surface area contributed by atoms with Crippen molar-refractivity contribution in [3.05, 3.63) is 178 Å². The molecule has 0 saturated heterocycles. The highest BCUT2D eigenvalue weighted by molar-refractivity contribution is 5.80. The average Bonchev–Trinajstić information content (AvgIpc) is 3.02. The normalized spacial score (nSPS) is 11.1. The van der Waals surface area contributed by atoms with Crippen molar-refractivity contribution in [2.75, 3.05) is 9.80 Å². The summed E-state index contributed by atoms with van der Waals surface area (Å²) in [5, 5.41) is 0. The van der Waals surface area contributed by atoms with Gasteiger partial charge in [-0.05, 0) is 141 Å². The Labute approximate surface area is 268 Å². The van der Waals surface area contributed by atoms with Gasteiger partial charge in [0.1, 0.15) is 0 Å². The maximum atomic E-state index is 2.36. The lowest BCUT2D eigenvalue weighted by atomic mass is 10.1. The van der Waals surface area contributed by atoms with E-state index in [-0.39, 0.29) is 0 Å². The zero-order valence-corrected chi connectivity index (χ0v) is 26.8. The van der Waals surface area contributed by atoms with E-state index in [9.17, 15) is 0 Å². The Balaban J connectivity index is 1.26. The third-order valence-corrected chi connectivity index (χ3v) is 8.01. The van der Waals surface area contributed by atoms with Crippen LogP contribution in [0.4, 0.5) is 34.1 Å². The van der Waals surface area contributed by atoms with Crippen LogP contribution in [0, 0.1) is 34.6 Å². The summed E-state index contributed by atoms with van der Waals surface area (Å²) in [6.45, 7) is 10.8. The largest absolute Gasteiger partial charge is 0.311 e. The van der Waals surface area contributed by atoms with Crippen molar-refractivity contribution in [1.29, 1.82) is 0 Å². The summed E-state index contributed by atoms with van der Waals surface area (Å²) >= 11 is 0. The Morgan fingerprint density at radius 3 is 1.04 bits per heavy atom. The van der Waals surface area contributed by atoms with Crippen LogP contribution in [0.2, 0.25) is 0 Å². The summed E-state index contributed by atoms with van der Waals surface area (Å²) in [5.74, 6) is 0. The molecule has 0 aliphatic heterocycles. The van der Waals surface area contributed by atoms with Crippen LogP contribution in [0.25, 0.3) is 12.2 Å². The predicted molar refractivity (Wildman–Crippen MR) is 195 cm³/mol. The van der Waals surface area contributed by atoms with Gasteiger partial charge in [0.15, 0.2) is 0 Å². The Kier molecular flexibility index (Phi) is 8.66. The smallest absolute Gasteiger partial charge is 0.0466 e. The summed E-state index contributed by atoms with van der Waals surface area (Å²) in [6.07, 6.45) is 4.37. The molecule has 0 heterocycles. The SMILES string of the molecule is Cc1ccc(N(c2ccccc2)c2ccc(C=Cc3ccc(N(c4cc(C)cc(C)c4)c4cc(C)cc(C)c4)cc3)cc2)cc1. The third kappa shape index (κ3) is 7.08. The molecule has 0 aromatic heterocycles. The number of rotatable bonds is 8. The highest BCUT2D eigenvalue weighted by atomic mass is 15.1. The maximum absolute atomic E-state index is 2.36. The molecule has 0 unspecified atom stereocenters. The van der Waals surface area contributed by atoms with Crippen LogP contribution in [-0.2, 0) is 0 Å². The molecule has 2 heteroatoms. The molecule has 0 spiro atoms.